The van der Waals surface area contributed by atoms with E-state index < -0.39 is 6.10 Å². The highest BCUT2D eigenvalue weighted by Gasteiger charge is 2.20. The minimum atomic E-state index is -0.486. The molecular weight excluding hydrogens is 268 g/mol. The predicted molar refractivity (Wildman–Crippen MR) is 80.8 cm³/mol. The number of aryl methyl sites for hydroxylation is 1. The molecule has 1 aliphatic carbocycles. The molecule has 2 atom stereocenters. The van der Waals surface area contributed by atoms with E-state index in [4.69, 9.17) is 4.74 Å². The molecule has 0 aliphatic heterocycles. The Balaban J connectivity index is 1.63. The number of aliphatic hydroxyl groups is 1. The van der Waals surface area contributed by atoms with Gasteiger partial charge in [0.1, 0.15) is 12.2 Å². The van der Waals surface area contributed by atoms with Crippen molar-refractivity contribution in [1.82, 2.24) is 20.1 Å². The van der Waals surface area contributed by atoms with Gasteiger partial charge in [0.2, 0.25) is 0 Å². The Morgan fingerprint density at radius 3 is 2.76 bits per heavy atom. The Bertz CT molecular complexity index is 416. The van der Waals surface area contributed by atoms with Gasteiger partial charge in [-0.2, -0.15) is 0 Å². The van der Waals surface area contributed by atoms with E-state index in [-0.39, 0.29) is 6.04 Å². The van der Waals surface area contributed by atoms with Crippen molar-refractivity contribution < 1.29 is 9.84 Å². The number of rotatable bonds is 7. The van der Waals surface area contributed by atoms with Crippen LogP contribution in [0.5, 0.6) is 0 Å². The highest BCUT2D eigenvalue weighted by Crippen LogP contribution is 2.25. The Labute approximate surface area is 126 Å². The lowest BCUT2D eigenvalue weighted by molar-refractivity contribution is -0.0283. The third-order valence-corrected chi connectivity index (χ3v) is 4.28. The van der Waals surface area contributed by atoms with Gasteiger partial charge in [0.05, 0.1) is 24.9 Å². The summed E-state index contributed by atoms with van der Waals surface area (Å²) in [4.78, 5) is 0. The molecule has 1 aromatic rings. The first-order valence-electron chi connectivity index (χ1n) is 7.93. The molecule has 1 aliphatic rings. The molecule has 2 unspecified atom stereocenters. The fourth-order valence-corrected chi connectivity index (χ4v) is 2.79. The number of ether oxygens (including phenoxy) is 1. The molecule has 0 amide bonds. The average molecular weight is 296 g/mol. The van der Waals surface area contributed by atoms with Crippen LogP contribution >= 0.6 is 0 Å². The second-order valence-corrected chi connectivity index (χ2v) is 6.30. The van der Waals surface area contributed by atoms with E-state index in [0.29, 0.717) is 19.3 Å². The zero-order valence-electron chi connectivity index (χ0n) is 13.3. The summed E-state index contributed by atoms with van der Waals surface area (Å²) in [6.07, 6.45) is 6.24. The van der Waals surface area contributed by atoms with Crippen LogP contribution in [0.4, 0.5) is 0 Å². The van der Waals surface area contributed by atoms with E-state index in [1.165, 1.54) is 12.8 Å². The van der Waals surface area contributed by atoms with E-state index >= 15 is 0 Å². The van der Waals surface area contributed by atoms with Crippen LogP contribution in [0.2, 0.25) is 0 Å². The van der Waals surface area contributed by atoms with Crippen molar-refractivity contribution in [1.29, 1.82) is 0 Å². The molecule has 21 heavy (non-hydrogen) atoms. The summed E-state index contributed by atoms with van der Waals surface area (Å²) >= 11 is 0. The fourth-order valence-electron chi connectivity index (χ4n) is 2.79. The predicted octanol–water partition coefficient (Wildman–Crippen LogP) is 1.42. The van der Waals surface area contributed by atoms with E-state index in [1.807, 2.05) is 18.5 Å². The molecule has 0 aromatic carbocycles. The summed E-state index contributed by atoms with van der Waals surface area (Å²) in [6.45, 7) is 5.21. The molecular formula is C15H28N4O2. The van der Waals surface area contributed by atoms with Gasteiger partial charge in [0.25, 0.3) is 0 Å². The van der Waals surface area contributed by atoms with Crippen molar-refractivity contribution in [3.05, 3.63) is 12.2 Å². The van der Waals surface area contributed by atoms with Crippen LogP contribution in [0, 0.1) is 5.92 Å². The summed E-state index contributed by atoms with van der Waals surface area (Å²) in [6, 6.07) is 0.0580. The number of aromatic nitrogens is 3. The van der Waals surface area contributed by atoms with Crippen molar-refractivity contribution in [3.63, 3.8) is 0 Å². The van der Waals surface area contributed by atoms with E-state index in [9.17, 15) is 5.11 Å². The van der Waals surface area contributed by atoms with Gasteiger partial charge >= 0.3 is 0 Å². The zero-order valence-corrected chi connectivity index (χ0v) is 13.3. The standard InChI is InChI=1S/C15H28N4O2/c1-11-4-6-14(7-5-11)21-9-13(20)8-16-12(2)15-18-17-10-19(15)3/h10-14,16,20H,4-9H2,1-3H3. The molecule has 1 fully saturated rings. The maximum atomic E-state index is 10.0. The van der Waals surface area contributed by atoms with Crippen molar-refractivity contribution in [2.75, 3.05) is 13.2 Å². The minimum Gasteiger partial charge on any atom is -0.389 e. The average Bonchev–Trinajstić information content (AvgIpc) is 2.90. The molecule has 2 rings (SSSR count). The van der Waals surface area contributed by atoms with Crippen LogP contribution in [0.15, 0.2) is 6.33 Å². The Kier molecular flexibility index (Phi) is 6.14. The van der Waals surface area contributed by atoms with E-state index in [0.717, 1.165) is 24.6 Å². The number of aliphatic hydroxyl groups excluding tert-OH is 1. The zero-order chi connectivity index (χ0) is 15.2. The van der Waals surface area contributed by atoms with Gasteiger partial charge in [-0.3, -0.25) is 0 Å². The lowest BCUT2D eigenvalue weighted by Gasteiger charge is -2.27. The van der Waals surface area contributed by atoms with Gasteiger partial charge in [-0.15, -0.1) is 10.2 Å². The third kappa shape index (κ3) is 5.05. The van der Waals surface area contributed by atoms with Gasteiger partial charge in [-0.05, 0) is 38.5 Å². The van der Waals surface area contributed by atoms with Gasteiger partial charge in [-0.25, -0.2) is 0 Å². The van der Waals surface area contributed by atoms with Crippen LogP contribution in [-0.4, -0.2) is 45.2 Å². The number of nitrogens with one attached hydrogen (secondary N) is 1. The van der Waals surface area contributed by atoms with Gasteiger partial charge in [0, 0.05) is 13.6 Å². The highest BCUT2D eigenvalue weighted by molar-refractivity contribution is 4.92. The fraction of sp³-hybridized carbons (Fsp3) is 0.867. The van der Waals surface area contributed by atoms with E-state index in [2.05, 4.69) is 22.4 Å². The molecule has 6 heteroatoms. The molecule has 1 heterocycles. The van der Waals surface area contributed by atoms with Gasteiger partial charge in [0.15, 0.2) is 0 Å². The quantitative estimate of drug-likeness (QED) is 0.796. The first kappa shape index (κ1) is 16.4. The van der Waals surface area contributed by atoms with Crippen molar-refractivity contribution >= 4 is 0 Å². The van der Waals surface area contributed by atoms with Crippen molar-refractivity contribution in [2.24, 2.45) is 13.0 Å². The molecule has 120 valence electrons. The molecule has 1 aromatic heterocycles. The molecule has 2 N–H and O–H groups in total. The topological polar surface area (TPSA) is 72.2 Å². The van der Waals surface area contributed by atoms with Crippen LogP contribution in [-0.2, 0) is 11.8 Å². The lowest BCUT2D eigenvalue weighted by atomic mass is 9.89. The van der Waals surface area contributed by atoms with Crippen LogP contribution in [0.1, 0.15) is 51.4 Å². The van der Waals surface area contributed by atoms with Crippen LogP contribution in [0.3, 0.4) is 0 Å². The smallest absolute Gasteiger partial charge is 0.149 e. The van der Waals surface area contributed by atoms with Crippen molar-refractivity contribution in [2.45, 2.75) is 57.8 Å². The Hall–Kier alpha value is -0.980. The summed E-state index contributed by atoms with van der Waals surface area (Å²) in [5.74, 6) is 1.69. The molecule has 0 spiro atoms. The summed E-state index contributed by atoms with van der Waals surface area (Å²) in [7, 11) is 1.91. The molecule has 6 nitrogen and oxygen atoms in total. The lowest BCUT2D eigenvalue weighted by Crippen LogP contribution is -2.34. The molecule has 0 radical (unpaired) electrons. The summed E-state index contributed by atoms with van der Waals surface area (Å²) < 4.78 is 7.70. The van der Waals surface area contributed by atoms with Crippen LogP contribution in [0.25, 0.3) is 0 Å². The minimum absolute atomic E-state index is 0.0580. The van der Waals surface area contributed by atoms with Gasteiger partial charge < -0.3 is 19.7 Å². The second-order valence-electron chi connectivity index (χ2n) is 6.30. The second kappa shape index (κ2) is 7.87. The maximum Gasteiger partial charge on any atom is 0.149 e. The van der Waals surface area contributed by atoms with Crippen molar-refractivity contribution in [3.8, 4) is 0 Å². The SMILES string of the molecule is CC1CCC(OCC(O)CNC(C)c2nncn2C)CC1. The van der Waals surface area contributed by atoms with E-state index in [1.54, 1.807) is 6.33 Å². The molecule has 0 saturated heterocycles. The maximum absolute atomic E-state index is 10.0. The molecule has 1 saturated carbocycles. The van der Waals surface area contributed by atoms with Gasteiger partial charge in [-0.1, -0.05) is 6.92 Å². The third-order valence-electron chi connectivity index (χ3n) is 4.28. The summed E-state index contributed by atoms with van der Waals surface area (Å²) in [5.41, 5.74) is 0. The first-order valence-corrected chi connectivity index (χ1v) is 7.93. The summed E-state index contributed by atoms with van der Waals surface area (Å²) in [5, 5.41) is 21.2. The largest absolute Gasteiger partial charge is 0.389 e. The normalized spacial score (nSPS) is 25.7. The Morgan fingerprint density at radius 1 is 1.43 bits per heavy atom. The Morgan fingerprint density at radius 2 is 2.14 bits per heavy atom. The monoisotopic (exact) mass is 296 g/mol. The molecule has 0 bridgehead atoms. The van der Waals surface area contributed by atoms with Crippen LogP contribution < -0.4 is 5.32 Å². The number of nitrogens with zero attached hydrogens (tertiary/aromatic N) is 3. The number of hydrogen-bond donors (Lipinski definition) is 2. The highest BCUT2D eigenvalue weighted by atomic mass is 16.5. The first-order chi connectivity index (χ1) is 10.1. The number of hydrogen-bond acceptors (Lipinski definition) is 5.